The van der Waals surface area contributed by atoms with Gasteiger partial charge in [0.1, 0.15) is 0 Å². The van der Waals surface area contributed by atoms with Gasteiger partial charge in [0.15, 0.2) is 5.82 Å². The molecule has 1 aromatic heterocycles. The van der Waals surface area contributed by atoms with Gasteiger partial charge in [-0.3, -0.25) is 9.69 Å². The summed E-state index contributed by atoms with van der Waals surface area (Å²) in [5.41, 5.74) is 0. The number of anilines is 1. The number of aromatic nitrogens is 1. The number of carbonyl (C=O) groups excluding carboxylic acids is 1. The molecule has 2 rings (SSSR count). The van der Waals surface area contributed by atoms with Crippen molar-refractivity contribution in [1.29, 1.82) is 0 Å². The fourth-order valence-electron chi connectivity index (χ4n) is 1.73. The van der Waals surface area contributed by atoms with Crippen molar-refractivity contribution in [2.45, 2.75) is 6.42 Å². The van der Waals surface area contributed by atoms with Crippen molar-refractivity contribution in [1.82, 2.24) is 4.98 Å². The molecule has 1 unspecified atom stereocenters. The van der Waals surface area contributed by atoms with Crippen LogP contribution in [0, 0.1) is 5.92 Å². The van der Waals surface area contributed by atoms with Gasteiger partial charge in [0.2, 0.25) is 5.91 Å². The van der Waals surface area contributed by atoms with Crippen LogP contribution in [0.1, 0.15) is 6.42 Å². The van der Waals surface area contributed by atoms with E-state index in [-0.39, 0.29) is 18.4 Å². The van der Waals surface area contributed by atoms with Crippen LogP contribution in [0.2, 0.25) is 5.02 Å². The van der Waals surface area contributed by atoms with Crippen LogP contribution in [0.25, 0.3) is 0 Å². The summed E-state index contributed by atoms with van der Waals surface area (Å²) in [4.78, 5) is 17.5. The summed E-state index contributed by atoms with van der Waals surface area (Å²) in [7, 11) is 0. The minimum Gasteiger partial charge on any atom is -0.396 e. The third kappa shape index (κ3) is 2.50. The van der Waals surface area contributed by atoms with Crippen LogP contribution in [0.3, 0.4) is 0 Å². The summed E-state index contributed by atoms with van der Waals surface area (Å²) in [5, 5.41) is 9.55. The number of pyridine rings is 1. The minimum atomic E-state index is -0.0457. The highest BCUT2D eigenvalue weighted by Gasteiger charge is 2.32. The second kappa shape index (κ2) is 5.22. The lowest BCUT2D eigenvalue weighted by Gasteiger charge is -2.17. The van der Waals surface area contributed by atoms with Crippen molar-refractivity contribution in [3.8, 4) is 0 Å². The Bertz CT molecular complexity index is 470. The lowest BCUT2D eigenvalue weighted by atomic mass is 10.1. The van der Waals surface area contributed by atoms with Crippen LogP contribution in [0.15, 0.2) is 15.1 Å². The Morgan fingerprint density at radius 2 is 2.29 bits per heavy atom. The van der Waals surface area contributed by atoms with Gasteiger partial charge in [0, 0.05) is 31.7 Å². The molecule has 7 heteroatoms. The van der Waals surface area contributed by atoms with Crippen LogP contribution in [0.5, 0.6) is 0 Å². The number of aliphatic hydroxyl groups excluding tert-OH is 1. The van der Waals surface area contributed by atoms with Crippen LogP contribution in [-0.2, 0) is 4.79 Å². The molecule has 4 nitrogen and oxygen atoms in total. The number of hydrogen-bond donors (Lipinski definition) is 1. The summed E-state index contributed by atoms with van der Waals surface area (Å²) in [6.45, 7) is 0.475. The first-order valence-electron chi connectivity index (χ1n) is 4.95. The van der Waals surface area contributed by atoms with E-state index >= 15 is 0 Å². The van der Waals surface area contributed by atoms with Gasteiger partial charge in [-0.15, -0.1) is 0 Å². The smallest absolute Gasteiger partial charge is 0.228 e. The Morgan fingerprint density at radius 3 is 2.88 bits per heavy atom. The van der Waals surface area contributed by atoms with Crippen molar-refractivity contribution in [3.05, 3.63) is 20.2 Å². The van der Waals surface area contributed by atoms with Crippen molar-refractivity contribution >= 4 is 55.2 Å². The lowest BCUT2D eigenvalue weighted by Crippen LogP contribution is -2.26. The van der Waals surface area contributed by atoms with E-state index in [2.05, 4.69) is 36.8 Å². The van der Waals surface area contributed by atoms with E-state index < -0.39 is 0 Å². The Labute approximate surface area is 120 Å². The van der Waals surface area contributed by atoms with E-state index in [1.54, 1.807) is 11.1 Å². The van der Waals surface area contributed by atoms with Crippen LogP contribution in [0.4, 0.5) is 5.82 Å². The summed E-state index contributed by atoms with van der Waals surface area (Å²) in [5.74, 6) is 0.424. The number of rotatable bonds is 2. The summed E-state index contributed by atoms with van der Waals surface area (Å²) in [6, 6.07) is 0. The van der Waals surface area contributed by atoms with Gasteiger partial charge in [-0.25, -0.2) is 4.98 Å². The molecule has 1 aliphatic rings. The molecule has 92 valence electrons. The van der Waals surface area contributed by atoms with Crippen LogP contribution < -0.4 is 4.90 Å². The van der Waals surface area contributed by atoms with Crippen molar-refractivity contribution in [3.63, 3.8) is 0 Å². The molecule has 0 saturated carbocycles. The topological polar surface area (TPSA) is 53.4 Å². The number of amides is 1. The van der Waals surface area contributed by atoms with Gasteiger partial charge in [0.25, 0.3) is 0 Å². The Morgan fingerprint density at radius 1 is 1.59 bits per heavy atom. The molecule has 1 aliphatic heterocycles. The number of carbonyl (C=O) groups is 1. The highest BCUT2D eigenvalue weighted by molar-refractivity contribution is 9.11. The standard InChI is InChI=1S/C10H9Br2ClN2O2/c11-6-2-14-10(8(12)9(6)13)15-3-5(4-16)1-7(15)17/h2,5,16H,1,3-4H2. The van der Waals surface area contributed by atoms with E-state index in [1.807, 2.05) is 0 Å². The largest absolute Gasteiger partial charge is 0.396 e. The average molecular weight is 384 g/mol. The normalized spacial score (nSPS) is 20.1. The number of halogens is 3. The molecule has 0 aliphatic carbocycles. The summed E-state index contributed by atoms with van der Waals surface area (Å²) in [6.07, 6.45) is 1.90. The van der Waals surface area contributed by atoms with Gasteiger partial charge < -0.3 is 5.11 Å². The van der Waals surface area contributed by atoms with E-state index in [9.17, 15) is 4.79 Å². The minimum absolute atomic E-state index is 0.00409. The Hall–Kier alpha value is -0.170. The van der Waals surface area contributed by atoms with Crippen molar-refractivity contribution in [2.24, 2.45) is 5.92 Å². The third-order valence-electron chi connectivity index (χ3n) is 2.62. The fraction of sp³-hybridized carbons (Fsp3) is 0.400. The number of aliphatic hydroxyl groups is 1. The first-order valence-corrected chi connectivity index (χ1v) is 6.91. The predicted octanol–water partition coefficient (Wildman–Crippen LogP) is 2.61. The highest BCUT2D eigenvalue weighted by atomic mass is 79.9. The Kier molecular flexibility index (Phi) is 4.07. The summed E-state index contributed by atoms with van der Waals surface area (Å²) < 4.78 is 1.25. The molecule has 0 radical (unpaired) electrons. The molecule has 1 fully saturated rings. The van der Waals surface area contributed by atoms with Crippen molar-refractivity contribution in [2.75, 3.05) is 18.1 Å². The van der Waals surface area contributed by atoms with Gasteiger partial charge in [-0.05, 0) is 31.9 Å². The Balaban J connectivity index is 2.35. The molecule has 0 spiro atoms. The zero-order chi connectivity index (χ0) is 12.6. The van der Waals surface area contributed by atoms with Gasteiger partial charge in [-0.1, -0.05) is 11.6 Å². The molecular formula is C10H9Br2ClN2O2. The number of nitrogens with zero attached hydrogens (tertiary/aromatic N) is 2. The van der Waals surface area contributed by atoms with Gasteiger partial charge >= 0.3 is 0 Å². The van der Waals surface area contributed by atoms with E-state index in [0.29, 0.717) is 32.8 Å². The maximum absolute atomic E-state index is 11.8. The number of hydrogen-bond acceptors (Lipinski definition) is 3. The first kappa shape index (κ1) is 13.3. The first-order chi connectivity index (χ1) is 8.04. The highest BCUT2D eigenvalue weighted by Crippen LogP contribution is 2.37. The monoisotopic (exact) mass is 382 g/mol. The maximum Gasteiger partial charge on any atom is 0.228 e. The molecule has 1 atom stereocenters. The SMILES string of the molecule is O=C1CC(CO)CN1c1ncc(Br)c(Cl)c1Br. The molecule has 2 heterocycles. The van der Waals surface area contributed by atoms with Crippen molar-refractivity contribution < 1.29 is 9.90 Å². The van der Waals surface area contributed by atoms with E-state index in [4.69, 9.17) is 16.7 Å². The third-order valence-corrected chi connectivity index (χ3v) is 4.82. The molecule has 1 N–H and O–H groups in total. The average Bonchev–Trinajstić information content (AvgIpc) is 2.68. The molecule has 1 saturated heterocycles. The van der Waals surface area contributed by atoms with Crippen LogP contribution >= 0.6 is 43.5 Å². The van der Waals surface area contributed by atoms with Crippen LogP contribution in [-0.4, -0.2) is 29.1 Å². The molecular weight excluding hydrogens is 375 g/mol. The quantitative estimate of drug-likeness (QED) is 0.853. The molecule has 17 heavy (non-hydrogen) atoms. The second-order valence-electron chi connectivity index (χ2n) is 3.81. The second-order valence-corrected chi connectivity index (χ2v) is 5.84. The molecule has 1 amide bonds. The molecule has 0 bridgehead atoms. The summed E-state index contributed by atoms with van der Waals surface area (Å²) >= 11 is 12.6. The predicted molar refractivity (Wildman–Crippen MR) is 72.2 cm³/mol. The molecule has 1 aromatic rings. The lowest BCUT2D eigenvalue weighted by molar-refractivity contribution is -0.117. The zero-order valence-electron chi connectivity index (χ0n) is 8.66. The van der Waals surface area contributed by atoms with Gasteiger partial charge in [0.05, 0.1) is 14.0 Å². The van der Waals surface area contributed by atoms with E-state index in [1.165, 1.54) is 0 Å². The van der Waals surface area contributed by atoms with Gasteiger partial charge in [-0.2, -0.15) is 0 Å². The molecule has 0 aromatic carbocycles. The zero-order valence-corrected chi connectivity index (χ0v) is 12.6. The van der Waals surface area contributed by atoms with E-state index in [0.717, 1.165) is 0 Å². The fourth-order valence-corrected chi connectivity index (χ4v) is 2.96. The maximum atomic E-state index is 11.8.